The highest BCUT2D eigenvalue weighted by Crippen LogP contribution is 2.23. The van der Waals surface area contributed by atoms with E-state index in [0.29, 0.717) is 6.42 Å². The van der Waals surface area contributed by atoms with Crippen LogP contribution in [0.15, 0.2) is 53.1 Å². The van der Waals surface area contributed by atoms with Crippen LogP contribution in [-0.4, -0.2) is 23.9 Å². The largest absolute Gasteiger partial charge is 0.459 e. The molecule has 5 nitrogen and oxygen atoms in total. The molecule has 0 aliphatic heterocycles. The first-order valence-corrected chi connectivity index (χ1v) is 9.30. The van der Waals surface area contributed by atoms with Gasteiger partial charge in [0.1, 0.15) is 6.04 Å². The fourth-order valence-electron chi connectivity index (χ4n) is 3.40. The van der Waals surface area contributed by atoms with Gasteiger partial charge in [0.05, 0.1) is 6.26 Å². The molecule has 5 heteroatoms. The summed E-state index contributed by atoms with van der Waals surface area (Å²) < 4.78 is 5.14. The van der Waals surface area contributed by atoms with Gasteiger partial charge in [-0.1, -0.05) is 37.3 Å². The Morgan fingerprint density at radius 1 is 1.08 bits per heavy atom. The lowest BCUT2D eigenvalue weighted by atomic mass is 9.87. The van der Waals surface area contributed by atoms with Gasteiger partial charge in [0.25, 0.3) is 5.91 Å². The second-order valence-electron chi connectivity index (χ2n) is 7.16. The number of carbonyl (C=O) groups excluding carboxylic acids is 2. The van der Waals surface area contributed by atoms with E-state index in [2.05, 4.69) is 17.6 Å². The van der Waals surface area contributed by atoms with Crippen molar-refractivity contribution in [1.82, 2.24) is 10.6 Å². The molecular formula is C21H26N2O3. The van der Waals surface area contributed by atoms with E-state index in [1.165, 1.54) is 6.26 Å². The van der Waals surface area contributed by atoms with Crippen LogP contribution in [0.1, 0.15) is 48.7 Å². The normalized spacial score (nSPS) is 21.0. The van der Waals surface area contributed by atoms with Crippen molar-refractivity contribution in [2.45, 2.75) is 51.1 Å². The number of rotatable bonds is 6. The quantitative estimate of drug-likeness (QED) is 0.836. The third kappa shape index (κ3) is 4.97. The summed E-state index contributed by atoms with van der Waals surface area (Å²) in [5.74, 6) is 0.431. The number of hydrogen-bond donors (Lipinski definition) is 2. The predicted octanol–water partition coefficient (Wildman–Crippen LogP) is 3.32. The fourth-order valence-corrected chi connectivity index (χ4v) is 3.40. The lowest BCUT2D eigenvalue weighted by molar-refractivity contribution is -0.123. The molecule has 1 aliphatic carbocycles. The van der Waals surface area contributed by atoms with Crippen molar-refractivity contribution in [2.75, 3.05) is 0 Å². The van der Waals surface area contributed by atoms with Gasteiger partial charge in [0.2, 0.25) is 5.91 Å². The molecule has 1 saturated carbocycles. The summed E-state index contributed by atoms with van der Waals surface area (Å²) >= 11 is 0. The Labute approximate surface area is 154 Å². The van der Waals surface area contributed by atoms with Crippen molar-refractivity contribution in [1.29, 1.82) is 0 Å². The van der Waals surface area contributed by atoms with E-state index in [9.17, 15) is 9.59 Å². The Kier molecular flexibility index (Phi) is 6.10. The first-order valence-electron chi connectivity index (χ1n) is 9.30. The maximum Gasteiger partial charge on any atom is 0.287 e. The van der Waals surface area contributed by atoms with Crippen molar-refractivity contribution in [3.63, 3.8) is 0 Å². The molecule has 26 heavy (non-hydrogen) atoms. The lowest BCUT2D eigenvalue weighted by Crippen LogP contribution is -2.51. The van der Waals surface area contributed by atoms with Crippen LogP contribution in [0, 0.1) is 5.92 Å². The standard InChI is InChI=1S/C21H26N2O3/c1-15-9-11-17(12-10-15)22-20(24)18(14-16-6-3-2-4-7-16)23-21(25)19-8-5-13-26-19/h2-8,13,15,17-18H,9-12,14H2,1H3,(H,22,24)(H,23,25). The van der Waals surface area contributed by atoms with Gasteiger partial charge in [-0.3, -0.25) is 9.59 Å². The third-order valence-corrected chi connectivity index (χ3v) is 5.01. The van der Waals surface area contributed by atoms with Gasteiger partial charge in [0.15, 0.2) is 5.76 Å². The third-order valence-electron chi connectivity index (χ3n) is 5.01. The van der Waals surface area contributed by atoms with Crippen LogP contribution < -0.4 is 10.6 Å². The van der Waals surface area contributed by atoms with E-state index in [4.69, 9.17) is 4.42 Å². The Hall–Kier alpha value is -2.56. The van der Waals surface area contributed by atoms with Gasteiger partial charge < -0.3 is 15.1 Å². The zero-order chi connectivity index (χ0) is 18.4. The van der Waals surface area contributed by atoms with Gasteiger partial charge in [-0.25, -0.2) is 0 Å². The SMILES string of the molecule is CC1CCC(NC(=O)C(Cc2ccccc2)NC(=O)c2ccco2)CC1. The highest BCUT2D eigenvalue weighted by molar-refractivity contribution is 5.95. The zero-order valence-electron chi connectivity index (χ0n) is 15.1. The summed E-state index contributed by atoms with van der Waals surface area (Å²) in [6, 6.07) is 12.5. The summed E-state index contributed by atoms with van der Waals surface area (Å²) in [7, 11) is 0. The van der Waals surface area contributed by atoms with Crippen molar-refractivity contribution in [3.8, 4) is 0 Å². The number of furan rings is 1. The van der Waals surface area contributed by atoms with Crippen LogP contribution in [0.4, 0.5) is 0 Å². The molecule has 1 atom stereocenters. The second kappa shape index (κ2) is 8.70. The molecule has 1 heterocycles. The monoisotopic (exact) mass is 354 g/mol. The number of nitrogens with one attached hydrogen (secondary N) is 2. The van der Waals surface area contributed by atoms with Crippen molar-refractivity contribution < 1.29 is 14.0 Å². The van der Waals surface area contributed by atoms with Gasteiger partial charge in [0, 0.05) is 12.5 Å². The first-order chi connectivity index (χ1) is 12.6. The Bertz CT molecular complexity index is 704. The highest BCUT2D eigenvalue weighted by Gasteiger charge is 2.26. The van der Waals surface area contributed by atoms with Gasteiger partial charge >= 0.3 is 0 Å². The summed E-state index contributed by atoms with van der Waals surface area (Å²) in [5, 5.41) is 5.95. The number of carbonyl (C=O) groups is 2. The average Bonchev–Trinajstić information content (AvgIpc) is 3.19. The smallest absolute Gasteiger partial charge is 0.287 e. The Morgan fingerprint density at radius 3 is 2.46 bits per heavy atom. The number of amides is 2. The molecule has 1 unspecified atom stereocenters. The van der Waals surface area contributed by atoms with Gasteiger partial charge in [-0.2, -0.15) is 0 Å². The molecule has 2 amide bonds. The van der Waals surface area contributed by atoms with E-state index >= 15 is 0 Å². The van der Waals surface area contributed by atoms with Crippen molar-refractivity contribution in [3.05, 3.63) is 60.1 Å². The Balaban J connectivity index is 1.67. The van der Waals surface area contributed by atoms with E-state index in [1.54, 1.807) is 12.1 Å². The van der Waals surface area contributed by atoms with Crippen LogP contribution in [-0.2, 0) is 11.2 Å². The summed E-state index contributed by atoms with van der Waals surface area (Å²) in [6.45, 7) is 2.25. The highest BCUT2D eigenvalue weighted by atomic mass is 16.3. The average molecular weight is 354 g/mol. The van der Waals surface area contributed by atoms with Crippen molar-refractivity contribution in [2.24, 2.45) is 5.92 Å². The minimum absolute atomic E-state index is 0.131. The van der Waals surface area contributed by atoms with E-state index < -0.39 is 6.04 Å². The molecule has 0 bridgehead atoms. The molecular weight excluding hydrogens is 328 g/mol. The minimum atomic E-state index is -0.630. The van der Waals surface area contributed by atoms with Crippen LogP contribution >= 0.6 is 0 Å². The molecule has 2 aromatic rings. The van der Waals surface area contributed by atoms with Crippen LogP contribution in [0.3, 0.4) is 0 Å². The van der Waals surface area contributed by atoms with Crippen LogP contribution in [0.2, 0.25) is 0 Å². The number of hydrogen-bond acceptors (Lipinski definition) is 3. The predicted molar refractivity (Wildman–Crippen MR) is 99.7 cm³/mol. The molecule has 1 fully saturated rings. The van der Waals surface area contributed by atoms with Gasteiger partial charge in [-0.05, 0) is 49.3 Å². The Morgan fingerprint density at radius 2 is 1.81 bits per heavy atom. The summed E-state index contributed by atoms with van der Waals surface area (Å²) in [6.07, 6.45) is 6.15. The van der Waals surface area contributed by atoms with Crippen LogP contribution in [0.5, 0.6) is 0 Å². The molecule has 1 aromatic heterocycles. The molecule has 1 aromatic carbocycles. The van der Waals surface area contributed by atoms with E-state index in [0.717, 1.165) is 37.2 Å². The molecule has 0 spiro atoms. The molecule has 2 N–H and O–H groups in total. The summed E-state index contributed by atoms with van der Waals surface area (Å²) in [5.41, 5.74) is 1.00. The lowest BCUT2D eigenvalue weighted by Gasteiger charge is -2.28. The second-order valence-corrected chi connectivity index (χ2v) is 7.16. The maximum absolute atomic E-state index is 12.8. The fraction of sp³-hybridized carbons (Fsp3) is 0.429. The molecule has 0 radical (unpaired) electrons. The van der Waals surface area contributed by atoms with Crippen LogP contribution in [0.25, 0.3) is 0 Å². The maximum atomic E-state index is 12.8. The first kappa shape index (κ1) is 18.2. The zero-order valence-corrected chi connectivity index (χ0v) is 15.1. The molecule has 3 rings (SSSR count). The molecule has 1 aliphatic rings. The van der Waals surface area contributed by atoms with Gasteiger partial charge in [-0.15, -0.1) is 0 Å². The summed E-state index contributed by atoms with van der Waals surface area (Å²) in [4.78, 5) is 25.2. The van der Waals surface area contributed by atoms with E-state index in [-0.39, 0.29) is 23.6 Å². The molecule has 0 saturated heterocycles. The van der Waals surface area contributed by atoms with E-state index in [1.807, 2.05) is 30.3 Å². The number of benzene rings is 1. The molecule has 138 valence electrons. The van der Waals surface area contributed by atoms with Crippen molar-refractivity contribution >= 4 is 11.8 Å². The minimum Gasteiger partial charge on any atom is -0.459 e. The topological polar surface area (TPSA) is 71.3 Å².